The smallest absolute Gasteiger partial charge is 0.307 e. The second-order valence-electron chi connectivity index (χ2n) is 4.66. The number of nitrogens with zero attached hydrogens (tertiary/aromatic N) is 1. The molecule has 0 saturated carbocycles. The Kier molecular flexibility index (Phi) is 4.39. The highest BCUT2D eigenvalue weighted by Gasteiger charge is 2.04. The molecule has 0 bridgehead atoms. The summed E-state index contributed by atoms with van der Waals surface area (Å²) in [5.74, 6) is -0.850. The number of aliphatic carboxylic acids is 1. The van der Waals surface area contributed by atoms with Gasteiger partial charge in [-0.15, -0.1) is 0 Å². The Morgan fingerprint density at radius 2 is 1.85 bits per heavy atom. The van der Waals surface area contributed by atoms with Gasteiger partial charge in [-0.3, -0.25) is 9.59 Å². The van der Waals surface area contributed by atoms with Crippen LogP contribution in [0.25, 0.3) is 0 Å². The van der Waals surface area contributed by atoms with E-state index in [0.29, 0.717) is 12.1 Å². The van der Waals surface area contributed by atoms with Crippen LogP contribution in [0.2, 0.25) is 0 Å². The molecule has 2 aromatic rings. The third kappa shape index (κ3) is 3.57. The van der Waals surface area contributed by atoms with Gasteiger partial charge in [0.25, 0.3) is 5.56 Å². The van der Waals surface area contributed by atoms with Gasteiger partial charge < -0.3 is 9.67 Å². The van der Waals surface area contributed by atoms with E-state index < -0.39 is 5.97 Å². The molecule has 1 aromatic carbocycles. The van der Waals surface area contributed by atoms with Crippen LogP contribution in [0.4, 0.5) is 0 Å². The Morgan fingerprint density at radius 1 is 1.25 bits per heavy atom. The molecule has 20 heavy (non-hydrogen) atoms. The topological polar surface area (TPSA) is 59.3 Å². The van der Waals surface area contributed by atoms with E-state index in [-0.39, 0.29) is 12.0 Å². The molecule has 2 rings (SSSR count). The largest absolute Gasteiger partial charge is 0.481 e. The van der Waals surface area contributed by atoms with Crippen molar-refractivity contribution < 1.29 is 9.90 Å². The lowest BCUT2D eigenvalue weighted by Crippen LogP contribution is -2.22. The third-order valence-corrected chi connectivity index (χ3v) is 3.40. The lowest BCUT2D eigenvalue weighted by Gasteiger charge is -2.08. The van der Waals surface area contributed by atoms with E-state index in [1.54, 1.807) is 35.9 Å². The molecule has 104 valence electrons. The number of aromatic nitrogens is 1. The van der Waals surface area contributed by atoms with Crippen molar-refractivity contribution in [2.45, 2.75) is 19.9 Å². The standard InChI is InChI=1S/C15H14BrNO3/c1-10-6-13(16)9-17(15(10)20)8-12-4-2-11(3-5-12)7-14(18)19/h2-6,9H,7-8H2,1H3,(H,18,19). The first-order valence-electron chi connectivity index (χ1n) is 6.12. The average Bonchev–Trinajstić information content (AvgIpc) is 2.37. The fourth-order valence-corrected chi connectivity index (χ4v) is 2.58. The molecule has 0 aliphatic carbocycles. The Balaban J connectivity index is 2.22. The number of carboxylic acids is 1. The highest BCUT2D eigenvalue weighted by Crippen LogP contribution is 2.11. The molecule has 1 heterocycles. The second kappa shape index (κ2) is 6.05. The van der Waals surface area contributed by atoms with Crippen molar-refractivity contribution in [3.05, 3.63) is 68.0 Å². The maximum absolute atomic E-state index is 12.0. The van der Waals surface area contributed by atoms with Crippen LogP contribution in [-0.2, 0) is 17.8 Å². The highest BCUT2D eigenvalue weighted by atomic mass is 79.9. The van der Waals surface area contributed by atoms with Gasteiger partial charge in [-0.1, -0.05) is 24.3 Å². The van der Waals surface area contributed by atoms with Crippen molar-refractivity contribution in [2.75, 3.05) is 0 Å². The van der Waals surface area contributed by atoms with Gasteiger partial charge in [-0.25, -0.2) is 0 Å². The average molecular weight is 336 g/mol. The Bertz CT molecular complexity index is 689. The molecular weight excluding hydrogens is 322 g/mol. The second-order valence-corrected chi connectivity index (χ2v) is 5.58. The number of benzene rings is 1. The number of carboxylic acid groups (broad SMARTS) is 1. The molecule has 0 unspecified atom stereocenters. The summed E-state index contributed by atoms with van der Waals surface area (Å²) in [6.45, 7) is 2.24. The van der Waals surface area contributed by atoms with Crippen LogP contribution in [0.15, 0.2) is 45.8 Å². The van der Waals surface area contributed by atoms with Crippen LogP contribution < -0.4 is 5.56 Å². The summed E-state index contributed by atoms with van der Waals surface area (Å²) >= 11 is 3.37. The van der Waals surface area contributed by atoms with E-state index >= 15 is 0 Å². The van der Waals surface area contributed by atoms with Gasteiger partial charge in [0.05, 0.1) is 13.0 Å². The van der Waals surface area contributed by atoms with E-state index in [4.69, 9.17) is 5.11 Å². The van der Waals surface area contributed by atoms with Crippen molar-refractivity contribution in [3.8, 4) is 0 Å². The molecule has 0 fully saturated rings. The van der Waals surface area contributed by atoms with Crippen LogP contribution in [0.3, 0.4) is 0 Å². The molecule has 1 N–H and O–H groups in total. The fraction of sp³-hybridized carbons (Fsp3) is 0.200. The van der Waals surface area contributed by atoms with E-state index in [9.17, 15) is 9.59 Å². The van der Waals surface area contributed by atoms with Crippen molar-refractivity contribution in [1.82, 2.24) is 4.57 Å². The van der Waals surface area contributed by atoms with Gasteiger partial charge in [-0.05, 0) is 40.0 Å². The summed E-state index contributed by atoms with van der Waals surface area (Å²) in [7, 11) is 0. The molecule has 0 aliphatic heterocycles. The fourth-order valence-electron chi connectivity index (χ4n) is 1.99. The molecule has 0 spiro atoms. The number of carbonyl (C=O) groups is 1. The van der Waals surface area contributed by atoms with E-state index in [2.05, 4.69) is 15.9 Å². The minimum absolute atomic E-state index is 0.0101. The zero-order valence-corrected chi connectivity index (χ0v) is 12.6. The normalized spacial score (nSPS) is 10.5. The molecule has 0 amide bonds. The number of hydrogen-bond acceptors (Lipinski definition) is 2. The minimum Gasteiger partial charge on any atom is -0.481 e. The van der Waals surface area contributed by atoms with E-state index in [1.165, 1.54) is 0 Å². The molecule has 0 saturated heterocycles. The van der Waals surface area contributed by atoms with Gasteiger partial charge in [0.1, 0.15) is 0 Å². The minimum atomic E-state index is -0.850. The number of halogens is 1. The molecule has 0 atom stereocenters. The first-order chi connectivity index (χ1) is 9.45. The summed E-state index contributed by atoms with van der Waals surface area (Å²) < 4.78 is 2.49. The molecule has 0 aliphatic rings. The number of aryl methyl sites for hydroxylation is 1. The van der Waals surface area contributed by atoms with Crippen LogP contribution in [0.1, 0.15) is 16.7 Å². The quantitative estimate of drug-likeness (QED) is 0.934. The van der Waals surface area contributed by atoms with Crippen LogP contribution >= 0.6 is 15.9 Å². The van der Waals surface area contributed by atoms with E-state index in [0.717, 1.165) is 15.6 Å². The van der Waals surface area contributed by atoms with E-state index in [1.807, 2.05) is 12.1 Å². The summed E-state index contributed by atoms with van der Waals surface area (Å²) in [4.78, 5) is 22.6. The van der Waals surface area contributed by atoms with Gasteiger partial charge in [0.15, 0.2) is 0 Å². The summed E-state index contributed by atoms with van der Waals surface area (Å²) in [6.07, 6.45) is 1.76. The Morgan fingerprint density at radius 3 is 2.45 bits per heavy atom. The maximum atomic E-state index is 12.0. The first-order valence-corrected chi connectivity index (χ1v) is 6.91. The van der Waals surface area contributed by atoms with Gasteiger partial charge in [0, 0.05) is 16.2 Å². The van der Waals surface area contributed by atoms with Gasteiger partial charge in [-0.2, -0.15) is 0 Å². The van der Waals surface area contributed by atoms with Crippen molar-refractivity contribution in [3.63, 3.8) is 0 Å². The van der Waals surface area contributed by atoms with Crippen LogP contribution in [0, 0.1) is 6.92 Å². The molecule has 5 heteroatoms. The zero-order valence-electron chi connectivity index (χ0n) is 11.0. The summed E-state index contributed by atoms with van der Waals surface area (Å²) in [5.41, 5.74) is 2.36. The van der Waals surface area contributed by atoms with Gasteiger partial charge >= 0.3 is 5.97 Å². The zero-order chi connectivity index (χ0) is 14.7. The maximum Gasteiger partial charge on any atom is 0.307 e. The monoisotopic (exact) mass is 335 g/mol. The predicted molar refractivity (Wildman–Crippen MR) is 80.0 cm³/mol. The lowest BCUT2D eigenvalue weighted by atomic mass is 10.1. The number of hydrogen-bond donors (Lipinski definition) is 1. The van der Waals surface area contributed by atoms with Crippen molar-refractivity contribution in [2.24, 2.45) is 0 Å². The third-order valence-electron chi connectivity index (χ3n) is 2.96. The number of pyridine rings is 1. The van der Waals surface area contributed by atoms with Crippen molar-refractivity contribution in [1.29, 1.82) is 0 Å². The molecule has 4 nitrogen and oxygen atoms in total. The SMILES string of the molecule is Cc1cc(Br)cn(Cc2ccc(CC(=O)O)cc2)c1=O. The molecular formula is C15H14BrNO3. The lowest BCUT2D eigenvalue weighted by molar-refractivity contribution is -0.136. The number of rotatable bonds is 4. The van der Waals surface area contributed by atoms with Crippen molar-refractivity contribution >= 4 is 21.9 Å². The van der Waals surface area contributed by atoms with Crippen LogP contribution in [-0.4, -0.2) is 15.6 Å². The Labute approximate surface area is 124 Å². The van der Waals surface area contributed by atoms with Gasteiger partial charge in [0.2, 0.25) is 0 Å². The highest BCUT2D eigenvalue weighted by molar-refractivity contribution is 9.10. The van der Waals surface area contributed by atoms with Crippen LogP contribution in [0.5, 0.6) is 0 Å². The molecule has 0 radical (unpaired) electrons. The first kappa shape index (κ1) is 14.5. The summed E-state index contributed by atoms with van der Waals surface area (Å²) in [6, 6.07) is 9.04. The molecule has 1 aromatic heterocycles. The summed E-state index contributed by atoms with van der Waals surface area (Å²) in [5, 5.41) is 8.72. The Hall–Kier alpha value is -1.88. The predicted octanol–water partition coefficient (Wildman–Crippen LogP) is 2.59.